The largest absolute Gasteiger partial charge is 0.389 e. The first-order valence-electron chi connectivity index (χ1n) is 6.56. The summed E-state index contributed by atoms with van der Waals surface area (Å²) in [4.78, 5) is 0.360. The van der Waals surface area contributed by atoms with Gasteiger partial charge in [0.05, 0.1) is 0 Å². The minimum Gasteiger partial charge on any atom is -0.389 e. The summed E-state index contributed by atoms with van der Waals surface area (Å²) in [6.07, 6.45) is 0.781. The average molecular weight is 367 g/mol. The molecule has 0 aliphatic heterocycles. The number of nitrogens with two attached hydrogens (primary N) is 1. The van der Waals surface area contributed by atoms with E-state index in [1.54, 1.807) is 12.1 Å². The zero-order valence-corrected chi connectivity index (χ0v) is 14.0. The van der Waals surface area contributed by atoms with Crippen LogP contribution in [0.5, 0.6) is 0 Å². The zero-order chi connectivity index (χ0) is 15.4. The minimum atomic E-state index is -0.220. The topological polar surface area (TPSA) is 38.0 Å². The Kier molecular flexibility index (Phi) is 5.31. The molecule has 3 N–H and O–H groups in total. The van der Waals surface area contributed by atoms with Gasteiger partial charge in [0.1, 0.15) is 10.8 Å². The van der Waals surface area contributed by atoms with E-state index in [1.807, 2.05) is 18.2 Å². The smallest absolute Gasteiger partial charge is 0.123 e. The van der Waals surface area contributed by atoms with Crippen LogP contribution in [0.15, 0.2) is 46.9 Å². The molecule has 0 aliphatic rings. The van der Waals surface area contributed by atoms with Crippen LogP contribution < -0.4 is 11.1 Å². The first-order chi connectivity index (χ1) is 9.95. The Labute approximate surface area is 137 Å². The monoisotopic (exact) mass is 366 g/mol. The lowest BCUT2D eigenvalue weighted by Gasteiger charge is -2.18. The quantitative estimate of drug-likeness (QED) is 0.776. The molecule has 0 aromatic heterocycles. The van der Waals surface area contributed by atoms with Crippen molar-refractivity contribution in [3.8, 4) is 0 Å². The van der Waals surface area contributed by atoms with Crippen molar-refractivity contribution in [2.45, 2.75) is 19.4 Å². The van der Waals surface area contributed by atoms with Crippen molar-refractivity contribution in [1.82, 2.24) is 0 Å². The van der Waals surface area contributed by atoms with Gasteiger partial charge in [0, 0.05) is 21.8 Å². The van der Waals surface area contributed by atoms with E-state index in [4.69, 9.17) is 18.0 Å². The highest BCUT2D eigenvalue weighted by Crippen LogP contribution is 2.23. The molecule has 0 heterocycles. The highest BCUT2D eigenvalue weighted by Gasteiger charge is 2.10. The molecule has 1 unspecified atom stereocenters. The summed E-state index contributed by atoms with van der Waals surface area (Å²) in [5.41, 5.74) is 8.53. The Bertz CT molecular complexity index is 643. The number of hydrogen-bond donors (Lipinski definition) is 2. The molecule has 2 rings (SSSR count). The fourth-order valence-electron chi connectivity index (χ4n) is 2.14. The van der Waals surface area contributed by atoms with Crippen LogP contribution in [0.2, 0.25) is 0 Å². The highest BCUT2D eigenvalue weighted by molar-refractivity contribution is 9.10. The fraction of sp³-hybridized carbons (Fsp3) is 0.188. The maximum Gasteiger partial charge on any atom is 0.123 e. The lowest BCUT2D eigenvalue weighted by Crippen LogP contribution is -2.21. The molecule has 110 valence electrons. The summed E-state index contributed by atoms with van der Waals surface area (Å²) in [6.45, 7) is 2.06. The number of anilines is 1. The summed E-state index contributed by atoms with van der Waals surface area (Å²) >= 11 is 8.51. The van der Waals surface area contributed by atoms with Gasteiger partial charge in [-0.15, -0.1) is 0 Å². The summed E-state index contributed by atoms with van der Waals surface area (Å²) in [5.74, 6) is -0.220. The van der Waals surface area contributed by atoms with Crippen LogP contribution in [-0.4, -0.2) is 11.0 Å². The van der Waals surface area contributed by atoms with Gasteiger partial charge in [0.15, 0.2) is 0 Å². The normalized spacial score (nSPS) is 12.0. The maximum absolute atomic E-state index is 12.9. The van der Waals surface area contributed by atoms with E-state index in [2.05, 4.69) is 28.2 Å². The number of nitrogens with one attached hydrogen (secondary N) is 1. The predicted octanol–water partition coefficient (Wildman–Crippen LogP) is 4.27. The molecule has 0 bridgehead atoms. The Morgan fingerprint density at radius 2 is 1.95 bits per heavy atom. The second-order valence-corrected chi connectivity index (χ2v) is 6.29. The van der Waals surface area contributed by atoms with E-state index in [9.17, 15) is 4.39 Å². The van der Waals surface area contributed by atoms with Crippen molar-refractivity contribution < 1.29 is 4.39 Å². The van der Waals surface area contributed by atoms with Crippen LogP contribution in [0.4, 0.5) is 10.1 Å². The Balaban J connectivity index is 2.12. The molecule has 2 aromatic rings. The molecular weight excluding hydrogens is 351 g/mol. The van der Waals surface area contributed by atoms with E-state index >= 15 is 0 Å². The number of benzene rings is 2. The molecule has 0 amide bonds. The number of thiocarbonyl (C=S) groups is 1. The van der Waals surface area contributed by atoms with E-state index in [1.165, 1.54) is 12.1 Å². The van der Waals surface area contributed by atoms with Gasteiger partial charge >= 0.3 is 0 Å². The molecule has 21 heavy (non-hydrogen) atoms. The first-order valence-corrected chi connectivity index (χ1v) is 7.76. The first kappa shape index (κ1) is 15.9. The molecule has 5 heteroatoms. The lowest BCUT2D eigenvalue weighted by atomic mass is 10.1. The van der Waals surface area contributed by atoms with Crippen molar-refractivity contribution in [3.05, 3.63) is 63.9 Å². The van der Waals surface area contributed by atoms with Gasteiger partial charge in [0.2, 0.25) is 0 Å². The van der Waals surface area contributed by atoms with Gasteiger partial charge in [-0.3, -0.25) is 0 Å². The average Bonchev–Trinajstić information content (AvgIpc) is 2.41. The van der Waals surface area contributed by atoms with E-state index in [0.717, 1.165) is 27.7 Å². The van der Waals surface area contributed by atoms with Crippen molar-refractivity contribution in [3.63, 3.8) is 0 Å². The van der Waals surface area contributed by atoms with E-state index in [-0.39, 0.29) is 11.9 Å². The SMILES string of the molecule is CC(Cc1ccc(F)cc1)Nc1cc(Br)ccc1C(N)=S. The molecule has 2 aromatic carbocycles. The second kappa shape index (κ2) is 7.00. The predicted molar refractivity (Wildman–Crippen MR) is 93.2 cm³/mol. The van der Waals surface area contributed by atoms with Crippen LogP contribution in [-0.2, 0) is 6.42 Å². The van der Waals surface area contributed by atoms with Crippen LogP contribution >= 0.6 is 28.1 Å². The molecule has 0 radical (unpaired) electrons. The summed E-state index contributed by atoms with van der Waals surface area (Å²) in [7, 11) is 0. The third-order valence-corrected chi connectivity index (χ3v) is 3.82. The number of rotatable bonds is 5. The van der Waals surface area contributed by atoms with Gasteiger partial charge in [-0.25, -0.2) is 4.39 Å². The summed E-state index contributed by atoms with van der Waals surface area (Å²) in [5, 5.41) is 3.40. The Morgan fingerprint density at radius 3 is 2.57 bits per heavy atom. The maximum atomic E-state index is 12.9. The minimum absolute atomic E-state index is 0.165. The van der Waals surface area contributed by atoms with Crippen molar-refractivity contribution in [2.24, 2.45) is 5.73 Å². The lowest BCUT2D eigenvalue weighted by molar-refractivity contribution is 0.626. The molecule has 1 atom stereocenters. The Hall–Kier alpha value is -1.46. The van der Waals surface area contributed by atoms with Crippen molar-refractivity contribution >= 4 is 38.8 Å². The van der Waals surface area contributed by atoms with Crippen LogP contribution in [0, 0.1) is 5.82 Å². The van der Waals surface area contributed by atoms with Crippen LogP contribution in [0.25, 0.3) is 0 Å². The van der Waals surface area contributed by atoms with Crippen LogP contribution in [0.3, 0.4) is 0 Å². The molecule has 0 saturated carbocycles. The number of halogens is 2. The molecule has 0 aliphatic carbocycles. The van der Waals surface area contributed by atoms with Gasteiger partial charge < -0.3 is 11.1 Å². The van der Waals surface area contributed by atoms with Crippen molar-refractivity contribution in [1.29, 1.82) is 0 Å². The van der Waals surface area contributed by atoms with Crippen LogP contribution in [0.1, 0.15) is 18.1 Å². The molecule has 0 saturated heterocycles. The van der Waals surface area contributed by atoms with Gasteiger partial charge in [-0.2, -0.15) is 0 Å². The molecule has 0 spiro atoms. The van der Waals surface area contributed by atoms with Gasteiger partial charge in [-0.05, 0) is 49.2 Å². The third kappa shape index (κ3) is 4.51. The fourth-order valence-corrected chi connectivity index (χ4v) is 2.68. The Morgan fingerprint density at radius 1 is 1.29 bits per heavy atom. The summed E-state index contributed by atoms with van der Waals surface area (Å²) < 4.78 is 13.9. The zero-order valence-electron chi connectivity index (χ0n) is 11.6. The second-order valence-electron chi connectivity index (χ2n) is 4.93. The molecule has 0 fully saturated rings. The van der Waals surface area contributed by atoms with Gasteiger partial charge in [-0.1, -0.05) is 40.3 Å². The van der Waals surface area contributed by atoms with Crippen molar-refractivity contribution in [2.75, 3.05) is 5.32 Å². The van der Waals surface area contributed by atoms with Gasteiger partial charge in [0.25, 0.3) is 0 Å². The third-order valence-electron chi connectivity index (χ3n) is 3.10. The summed E-state index contributed by atoms with van der Waals surface area (Å²) in [6, 6.07) is 12.5. The standard InChI is InChI=1S/C16H16BrFN2S/c1-10(8-11-2-5-13(18)6-3-11)20-15-9-12(17)4-7-14(15)16(19)21/h2-7,9-10,20H,8H2,1H3,(H2,19,21). The van der Waals surface area contributed by atoms with E-state index < -0.39 is 0 Å². The highest BCUT2D eigenvalue weighted by atomic mass is 79.9. The molecule has 2 nitrogen and oxygen atoms in total. The number of hydrogen-bond acceptors (Lipinski definition) is 2. The molecular formula is C16H16BrFN2S. The van der Waals surface area contributed by atoms with E-state index in [0.29, 0.717) is 4.99 Å².